The van der Waals surface area contributed by atoms with Crippen molar-refractivity contribution >= 4 is 11.8 Å². The Kier molecular flexibility index (Phi) is 8.29. The maximum Gasteiger partial charge on any atom is 0.253 e. The number of rotatable bonds is 8. The van der Waals surface area contributed by atoms with E-state index in [0.29, 0.717) is 13.1 Å². The number of nitrogens with one attached hydrogen (secondary N) is 2. The van der Waals surface area contributed by atoms with E-state index in [9.17, 15) is 9.59 Å². The van der Waals surface area contributed by atoms with Crippen LogP contribution in [0.2, 0.25) is 0 Å². The molecule has 0 spiro atoms. The van der Waals surface area contributed by atoms with Gasteiger partial charge in [-0.15, -0.1) is 0 Å². The first-order valence-corrected chi connectivity index (χ1v) is 5.60. The summed E-state index contributed by atoms with van der Waals surface area (Å²) in [5.41, 5.74) is 2.08. The van der Waals surface area contributed by atoms with Crippen molar-refractivity contribution in [2.24, 2.45) is 5.84 Å². The maximum absolute atomic E-state index is 11.6. The summed E-state index contributed by atoms with van der Waals surface area (Å²) in [5, 5.41) is 2.68. The first kappa shape index (κ1) is 15.8. The van der Waals surface area contributed by atoms with Gasteiger partial charge in [0.25, 0.3) is 5.91 Å². The first-order valence-electron chi connectivity index (χ1n) is 5.60. The van der Waals surface area contributed by atoms with Crippen molar-refractivity contribution in [2.75, 3.05) is 33.4 Å². The Balaban J connectivity index is 4.54. The molecule has 0 aliphatic heterocycles. The second-order valence-electron chi connectivity index (χ2n) is 3.50. The Labute approximate surface area is 102 Å². The van der Waals surface area contributed by atoms with Crippen LogP contribution in [0.15, 0.2) is 0 Å². The van der Waals surface area contributed by atoms with Gasteiger partial charge in [-0.25, -0.2) is 5.84 Å². The summed E-state index contributed by atoms with van der Waals surface area (Å²) in [4.78, 5) is 24.7. The van der Waals surface area contributed by atoms with Gasteiger partial charge in [-0.2, -0.15) is 0 Å². The summed E-state index contributed by atoms with van der Waals surface area (Å²) in [5.74, 6) is 4.62. The van der Waals surface area contributed by atoms with E-state index in [0.717, 1.165) is 0 Å². The van der Waals surface area contributed by atoms with Crippen LogP contribution in [0.4, 0.5) is 0 Å². The fourth-order valence-electron chi connectivity index (χ4n) is 1.48. The molecule has 2 amide bonds. The minimum Gasteiger partial charge on any atom is -0.383 e. The van der Waals surface area contributed by atoms with Crippen molar-refractivity contribution in [3.05, 3.63) is 0 Å². The number of methoxy groups -OCH3 is 1. The molecule has 0 bridgehead atoms. The van der Waals surface area contributed by atoms with Crippen molar-refractivity contribution < 1.29 is 14.3 Å². The van der Waals surface area contributed by atoms with E-state index < -0.39 is 6.04 Å². The van der Waals surface area contributed by atoms with Crippen LogP contribution in [-0.4, -0.2) is 56.1 Å². The monoisotopic (exact) mass is 246 g/mol. The van der Waals surface area contributed by atoms with E-state index in [-0.39, 0.29) is 25.0 Å². The highest BCUT2D eigenvalue weighted by molar-refractivity contribution is 5.83. The predicted molar refractivity (Wildman–Crippen MR) is 63.9 cm³/mol. The molecule has 0 aliphatic rings. The minimum atomic E-state index is -0.558. The van der Waals surface area contributed by atoms with Crippen LogP contribution in [0, 0.1) is 0 Å². The van der Waals surface area contributed by atoms with E-state index in [1.807, 2.05) is 13.8 Å². The molecule has 17 heavy (non-hydrogen) atoms. The Morgan fingerprint density at radius 3 is 2.47 bits per heavy atom. The van der Waals surface area contributed by atoms with Gasteiger partial charge < -0.3 is 10.1 Å². The van der Waals surface area contributed by atoms with Crippen molar-refractivity contribution in [2.45, 2.75) is 19.9 Å². The molecule has 100 valence electrons. The molecule has 0 aromatic carbocycles. The number of hydrazine groups is 1. The van der Waals surface area contributed by atoms with Gasteiger partial charge in [0.05, 0.1) is 13.2 Å². The lowest BCUT2D eigenvalue weighted by Gasteiger charge is -2.27. The van der Waals surface area contributed by atoms with Crippen molar-refractivity contribution in [1.82, 2.24) is 15.6 Å². The lowest BCUT2D eigenvalue weighted by atomic mass is 10.2. The molecule has 0 saturated heterocycles. The lowest BCUT2D eigenvalue weighted by molar-refractivity contribution is -0.130. The van der Waals surface area contributed by atoms with E-state index in [1.165, 1.54) is 7.11 Å². The fourth-order valence-corrected chi connectivity index (χ4v) is 1.48. The van der Waals surface area contributed by atoms with Gasteiger partial charge in [0.15, 0.2) is 0 Å². The van der Waals surface area contributed by atoms with Crippen LogP contribution in [0.3, 0.4) is 0 Å². The van der Waals surface area contributed by atoms with Gasteiger partial charge in [0, 0.05) is 13.7 Å². The number of hydrogen-bond donors (Lipinski definition) is 3. The quantitative estimate of drug-likeness (QED) is 0.274. The van der Waals surface area contributed by atoms with Crippen LogP contribution in [0.25, 0.3) is 0 Å². The summed E-state index contributed by atoms with van der Waals surface area (Å²) >= 11 is 0. The zero-order valence-electron chi connectivity index (χ0n) is 10.7. The third-order valence-corrected chi connectivity index (χ3v) is 2.34. The predicted octanol–water partition coefficient (Wildman–Crippen LogP) is -1.55. The molecule has 0 aromatic heterocycles. The molecule has 0 fully saturated rings. The van der Waals surface area contributed by atoms with Gasteiger partial charge >= 0.3 is 0 Å². The van der Waals surface area contributed by atoms with Gasteiger partial charge in [0.2, 0.25) is 5.91 Å². The highest BCUT2D eigenvalue weighted by Crippen LogP contribution is 2.00. The van der Waals surface area contributed by atoms with Crippen LogP contribution in [0.1, 0.15) is 13.8 Å². The van der Waals surface area contributed by atoms with Gasteiger partial charge in [-0.3, -0.25) is 19.9 Å². The van der Waals surface area contributed by atoms with Crippen LogP contribution >= 0.6 is 0 Å². The van der Waals surface area contributed by atoms with Crippen LogP contribution in [-0.2, 0) is 14.3 Å². The number of nitrogens with two attached hydrogens (primary N) is 1. The lowest BCUT2D eigenvalue weighted by Crippen LogP contribution is -2.53. The van der Waals surface area contributed by atoms with Gasteiger partial charge in [-0.1, -0.05) is 6.92 Å². The normalized spacial score (nSPS) is 12.3. The number of nitrogens with zero attached hydrogens (tertiary/aromatic N) is 1. The summed E-state index contributed by atoms with van der Waals surface area (Å²) in [6, 6.07) is -0.558. The number of hydrogen-bond acceptors (Lipinski definition) is 5. The zero-order valence-corrected chi connectivity index (χ0v) is 10.7. The molecular weight excluding hydrogens is 224 g/mol. The Morgan fingerprint density at radius 1 is 1.41 bits per heavy atom. The third kappa shape index (κ3) is 5.62. The molecule has 0 aliphatic carbocycles. The van der Waals surface area contributed by atoms with E-state index >= 15 is 0 Å². The number of carbonyl (C=O) groups is 2. The second kappa shape index (κ2) is 8.91. The van der Waals surface area contributed by atoms with Crippen molar-refractivity contribution in [3.8, 4) is 0 Å². The number of carbonyl (C=O) groups excluding carboxylic acids is 2. The van der Waals surface area contributed by atoms with Gasteiger partial charge in [-0.05, 0) is 13.5 Å². The molecule has 0 rings (SSSR count). The molecule has 0 aromatic rings. The summed E-state index contributed by atoms with van der Waals surface area (Å²) in [7, 11) is 1.50. The Bertz CT molecular complexity index is 248. The highest BCUT2D eigenvalue weighted by atomic mass is 16.5. The molecular formula is C10H22N4O3. The molecule has 1 unspecified atom stereocenters. The molecule has 0 saturated carbocycles. The summed E-state index contributed by atoms with van der Waals surface area (Å²) in [6.45, 7) is 5.16. The van der Waals surface area contributed by atoms with Crippen molar-refractivity contribution in [1.29, 1.82) is 0 Å². The summed E-state index contributed by atoms with van der Waals surface area (Å²) < 4.78 is 4.96. The highest BCUT2D eigenvalue weighted by Gasteiger charge is 2.25. The number of likely N-dealkylation sites (N-methyl/N-ethyl adjacent to an activating group) is 2. The molecule has 7 heteroatoms. The average Bonchev–Trinajstić information content (AvgIpc) is 2.33. The second-order valence-corrected chi connectivity index (χ2v) is 3.50. The fraction of sp³-hybridized carbons (Fsp3) is 0.800. The maximum atomic E-state index is 11.6. The number of ether oxygens (including phenoxy) is 1. The van der Waals surface area contributed by atoms with Gasteiger partial charge in [0.1, 0.15) is 6.04 Å². The van der Waals surface area contributed by atoms with E-state index in [1.54, 1.807) is 4.90 Å². The minimum absolute atomic E-state index is 0.125. The van der Waals surface area contributed by atoms with E-state index in [4.69, 9.17) is 10.6 Å². The topological polar surface area (TPSA) is 96.7 Å². The van der Waals surface area contributed by atoms with Crippen molar-refractivity contribution in [3.63, 3.8) is 0 Å². The largest absolute Gasteiger partial charge is 0.383 e. The van der Waals surface area contributed by atoms with Crippen LogP contribution < -0.4 is 16.6 Å². The van der Waals surface area contributed by atoms with E-state index in [2.05, 4.69) is 10.7 Å². The first-order chi connectivity index (χ1) is 8.10. The molecule has 7 nitrogen and oxygen atoms in total. The molecule has 4 N–H and O–H groups in total. The molecule has 1 atom stereocenters. The summed E-state index contributed by atoms with van der Waals surface area (Å²) in [6.07, 6.45) is 0. The average molecular weight is 246 g/mol. The third-order valence-electron chi connectivity index (χ3n) is 2.34. The zero-order chi connectivity index (χ0) is 13.3. The Morgan fingerprint density at radius 2 is 2.06 bits per heavy atom. The SMILES string of the molecule is CCNC(=O)CN(CC)C(COC)C(=O)NN. The smallest absolute Gasteiger partial charge is 0.253 e. The van der Waals surface area contributed by atoms with Crippen LogP contribution in [0.5, 0.6) is 0 Å². The number of amides is 2. The Hall–Kier alpha value is -1.18. The molecule has 0 radical (unpaired) electrons. The molecule has 0 heterocycles. The standard InChI is InChI=1S/C10H22N4O3/c1-4-12-9(15)6-14(5-2)8(7-17-3)10(16)13-11/h8H,4-7,11H2,1-3H3,(H,12,15)(H,13,16).